The molecule has 36 heavy (non-hydrogen) atoms. The van der Waals surface area contributed by atoms with E-state index in [0.717, 1.165) is 22.3 Å². The largest absolute Gasteiger partial charge is 0.491 e. The molecule has 0 aliphatic heterocycles. The number of hydrogen-bond donors (Lipinski definition) is 2. The van der Waals surface area contributed by atoms with Crippen LogP contribution in [0.1, 0.15) is 5.69 Å². The summed E-state index contributed by atoms with van der Waals surface area (Å²) in [6.45, 7) is 1.34. The second-order valence-electron chi connectivity index (χ2n) is 8.19. The van der Waals surface area contributed by atoms with Crippen LogP contribution in [0, 0.1) is 0 Å². The number of amides is 1. The molecule has 0 atom stereocenters. The number of anilines is 2. The second kappa shape index (κ2) is 12.1. The van der Waals surface area contributed by atoms with Gasteiger partial charge in [-0.05, 0) is 56.6 Å². The summed E-state index contributed by atoms with van der Waals surface area (Å²) >= 11 is 6.47. The first kappa shape index (κ1) is 25.2. The van der Waals surface area contributed by atoms with Gasteiger partial charge in [0.25, 0.3) is 0 Å². The first-order chi connectivity index (χ1) is 17.5. The maximum atomic E-state index is 11.8. The fraction of sp³-hybridized carbons (Fsp3) is 0.231. The monoisotopic (exact) mass is 506 g/mol. The van der Waals surface area contributed by atoms with E-state index in [1.165, 1.54) is 6.33 Å². The number of pyridine rings is 1. The molecule has 2 N–H and O–H groups in total. The number of benzene rings is 2. The topological polar surface area (TPSA) is 102 Å². The van der Waals surface area contributed by atoms with Crippen LogP contribution in [0.3, 0.4) is 0 Å². The third kappa shape index (κ3) is 6.80. The average Bonchev–Trinajstić information content (AvgIpc) is 2.86. The highest BCUT2D eigenvalue weighted by atomic mass is 35.5. The Labute approximate surface area is 214 Å². The van der Waals surface area contributed by atoms with Crippen LogP contribution in [0.15, 0.2) is 67.1 Å². The van der Waals surface area contributed by atoms with Gasteiger partial charge in [0.1, 0.15) is 36.9 Å². The van der Waals surface area contributed by atoms with E-state index in [0.29, 0.717) is 48.6 Å². The van der Waals surface area contributed by atoms with Gasteiger partial charge in [0.15, 0.2) is 0 Å². The van der Waals surface area contributed by atoms with Crippen LogP contribution in [-0.4, -0.2) is 59.6 Å². The maximum absolute atomic E-state index is 11.8. The van der Waals surface area contributed by atoms with Gasteiger partial charge in [-0.25, -0.2) is 9.97 Å². The Bertz CT molecular complexity index is 1310. The summed E-state index contributed by atoms with van der Waals surface area (Å²) in [5.41, 5.74) is 2.27. The molecule has 0 aliphatic rings. The molecule has 0 radical (unpaired) electrons. The Balaban J connectivity index is 1.45. The van der Waals surface area contributed by atoms with Crippen LogP contribution in [0.5, 0.6) is 11.5 Å². The lowest BCUT2D eigenvalue weighted by molar-refractivity contribution is -0.121. The predicted octanol–water partition coefficient (Wildman–Crippen LogP) is 4.06. The number of ether oxygens (including phenoxy) is 2. The van der Waals surface area contributed by atoms with Crippen molar-refractivity contribution in [3.63, 3.8) is 0 Å². The molecule has 1 amide bonds. The van der Waals surface area contributed by atoms with E-state index in [2.05, 4.69) is 25.6 Å². The van der Waals surface area contributed by atoms with Crippen LogP contribution < -0.4 is 20.1 Å². The summed E-state index contributed by atoms with van der Waals surface area (Å²) in [5.74, 6) is 1.68. The summed E-state index contributed by atoms with van der Waals surface area (Å²) in [7, 11) is 3.69. The first-order valence-corrected chi connectivity index (χ1v) is 11.7. The fourth-order valence-corrected chi connectivity index (χ4v) is 3.69. The van der Waals surface area contributed by atoms with Crippen molar-refractivity contribution >= 4 is 39.9 Å². The molecule has 0 spiro atoms. The minimum atomic E-state index is -0.0588. The molecule has 0 aliphatic carbocycles. The van der Waals surface area contributed by atoms with Crippen molar-refractivity contribution in [1.29, 1.82) is 0 Å². The van der Waals surface area contributed by atoms with Gasteiger partial charge in [0.05, 0.1) is 34.7 Å². The van der Waals surface area contributed by atoms with Crippen molar-refractivity contribution in [2.75, 3.05) is 39.1 Å². The number of nitrogens with zero attached hydrogens (tertiary/aromatic N) is 4. The van der Waals surface area contributed by atoms with Crippen LogP contribution in [0.25, 0.3) is 10.9 Å². The van der Waals surface area contributed by atoms with Crippen molar-refractivity contribution < 1.29 is 14.3 Å². The van der Waals surface area contributed by atoms with Crippen molar-refractivity contribution in [1.82, 2.24) is 25.2 Å². The van der Waals surface area contributed by atoms with Gasteiger partial charge < -0.3 is 25.0 Å². The number of likely N-dealkylation sites (N-methyl/N-ethyl adjacent to an activating group) is 1. The lowest BCUT2D eigenvalue weighted by Crippen LogP contribution is -2.35. The standard InChI is InChI=1S/C26H27ClN6O3/c1-33(2)15-24(34)29-12-13-35-23-8-5-7-21-25(23)26(31-17-30-21)32-18-9-10-22(20(27)14-18)36-16-19-6-3-4-11-28-19/h3-11,14,17H,12-13,15-16H2,1-2H3,(H,29,34)(H,30,31,32). The molecule has 2 aromatic heterocycles. The second-order valence-corrected chi connectivity index (χ2v) is 8.60. The zero-order valence-electron chi connectivity index (χ0n) is 20.1. The van der Waals surface area contributed by atoms with E-state index in [-0.39, 0.29) is 5.91 Å². The quantitative estimate of drug-likeness (QED) is 0.294. The lowest BCUT2D eigenvalue weighted by Gasteiger charge is -2.15. The Hall–Kier alpha value is -3.95. The minimum absolute atomic E-state index is 0.0588. The SMILES string of the molecule is CN(C)CC(=O)NCCOc1cccc2ncnc(Nc3ccc(OCc4ccccn4)c(Cl)c3)c12. The Morgan fingerprint density at radius 3 is 2.67 bits per heavy atom. The normalized spacial score (nSPS) is 10.9. The van der Waals surface area contributed by atoms with E-state index in [4.69, 9.17) is 21.1 Å². The van der Waals surface area contributed by atoms with Gasteiger partial charge in [-0.1, -0.05) is 23.7 Å². The Kier molecular flexibility index (Phi) is 8.48. The molecule has 2 heterocycles. The lowest BCUT2D eigenvalue weighted by atomic mass is 10.2. The number of carbonyl (C=O) groups is 1. The number of aromatic nitrogens is 3. The molecule has 0 fully saturated rings. The van der Waals surface area contributed by atoms with E-state index in [1.807, 2.05) is 61.5 Å². The van der Waals surface area contributed by atoms with Gasteiger partial charge in [-0.2, -0.15) is 0 Å². The third-order valence-corrected chi connectivity index (χ3v) is 5.36. The zero-order valence-corrected chi connectivity index (χ0v) is 20.8. The highest BCUT2D eigenvalue weighted by Crippen LogP contribution is 2.34. The number of nitrogens with one attached hydrogen (secondary N) is 2. The Morgan fingerprint density at radius 1 is 1.00 bits per heavy atom. The summed E-state index contributed by atoms with van der Waals surface area (Å²) < 4.78 is 11.8. The highest BCUT2D eigenvalue weighted by molar-refractivity contribution is 6.32. The molecule has 186 valence electrons. The van der Waals surface area contributed by atoms with E-state index < -0.39 is 0 Å². The highest BCUT2D eigenvalue weighted by Gasteiger charge is 2.12. The number of carbonyl (C=O) groups excluding carboxylic acids is 1. The van der Waals surface area contributed by atoms with Crippen molar-refractivity contribution in [3.05, 3.63) is 77.8 Å². The average molecular weight is 507 g/mol. The van der Waals surface area contributed by atoms with Gasteiger partial charge in [-0.15, -0.1) is 0 Å². The smallest absolute Gasteiger partial charge is 0.234 e. The summed E-state index contributed by atoms with van der Waals surface area (Å²) in [4.78, 5) is 26.7. The maximum Gasteiger partial charge on any atom is 0.234 e. The van der Waals surface area contributed by atoms with Crippen molar-refractivity contribution in [2.45, 2.75) is 6.61 Å². The Morgan fingerprint density at radius 2 is 1.89 bits per heavy atom. The molecule has 2 aromatic carbocycles. The number of halogens is 1. The molecule has 0 bridgehead atoms. The van der Waals surface area contributed by atoms with Gasteiger partial charge >= 0.3 is 0 Å². The van der Waals surface area contributed by atoms with Crippen molar-refractivity contribution in [2.24, 2.45) is 0 Å². The molecule has 0 saturated heterocycles. The molecule has 10 heteroatoms. The first-order valence-electron chi connectivity index (χ1n) is 11.4. The molecule has 0 unspecified atom stereocenters. The van der Waals surface area contributed by atoms with Gasteiger partial charge in [-0.3, -0.25) is 9.78 Å². The number of fused-ring (bicyclic) bond motifs is 1. The summed E-state index contributed by atoms with van der Waals surface area (Å²) in [6, 6.07) is 16.7. The zero-order chi connectivity index (χ0) is 25.3. The van der Waals surface area contributed by atoms with Gasteiger partial charge in [0, 0.05) is 11.9 Å². The van der Waals surface area contributed by atoms with Crippen molar-refractivity contribution in [3.8, 4) is 11.5 Å². The van der Waals surface area contributed by atoms with E-state index >= 15 is 0 Å². The number of rotatable bonds is 11. The summed E-state index contributed by atoms with van der Waals surface area (Å²) in [5, 5.41) is 7.32. The molecule has 4 aromatic rings. The molecular formula is C26H27ClN6O3. The van der Waals surface area contributed by atoms with Crippen LogP contribution in [-0.2, 0) is 11.4 Å². The van der Waals surface area contributed by atoms with Gasteiger partial charge in [0.2, 0.25) is 5.91 Å². The molecule has 0 saturated carbocycles. The molecule has 9 nitrogen and oxygen atoms in total. The van der Waals surface area contributed by atoms with E-state index in [1.54, 1.807) is 18.3 Å². The van der Waals surface area contributed by atoms with E-state index in [9.17, 15) is 4.79 Å². The molecular weight excluding hydrogens is 480 g/mol. The minimum Gasteiger partial charge on any atom is -0.491 e. The van der Waals surface area contributed by atoms with Crippen LogP contribution in [0.2, 0.25) is 5.02 Å². The van der Waals surface area contributed by atoms with Crippen LogP contribution in [0.4, 0.5) is 11.5 Å². The molecule has 4 rings (SSSR count). The number of hydrogen-bond acceptors (Lipinski definition) is 8. The fourth-order valence-electron chi connectivity index (χ4n) is 3.46. The third-order valence-electron chi connectivity index (χ3n) is 5.06. The summed E-state index contributed by atoms with van der Waals surface area (Å²) in [6.07, 6.45) is 3.21. The van der Waals surface area contributed by atoms with Crippen LogP contribution >= 0.6 is 11.6 Å². The predicted molar refractivity (Wildman–Crippen MR) is 140 cm³/mol.